The molecule has 8 nitrogen and oxygen atoms in total. The molecule has 0 unspecified atom stereocenters. The second-order valence-corrected chi connectivity index (χ2v) is 6.86. The van der Waals surface area contributed by atoms with Crippen LogP contribution in [0, 0.1) is 0 Å². The molecular weight excluding hydrogens is 366 g/mol. The summed E-state index contributed by atoms with van der Waals surface area (Å²) < 4.78 is 25.0. The molecule has 0 bridgehead atoms. The van der Waals surface area contributed by atoms with Gasteiger partial charge >= 0.3 is 12.0 Å². The Bertz CT molecular complexity index is 647. The van der Waals surface area contributed by atoms with Crippen molar-refractivity contribution in [2.75, 3.05) is 24.7 Å². The van der Waals surface area contributed by atoms with Crippen LogP contribution in [0.5, 0.6) is 0 Å². The van der Waals surface area contributed by atoms with Gasteiger partial charge in [-0.05, 0) is 25.2 Å². The van der Waals surface area contributed by atoms with Crippen LogP contribution in [0.1, 0.15) is 10.4 Å². The van der Waals surface area contributed by atoms with E-state index in [0.29, 0.717) is 4.47 Å². The van der Waals surface area contributed by atoms with Crippen molar-refractivity contribution in [2.24, 2.45) is 0 Å². The number of carboxylic acid groups (broad SMARTS) is 1. The second-order valence-electron chi connectivity index (χ2n) is 3.90. The molecule has 1 aromatic rings. The molecule has 0 radical (unpaired) electrons. The predicted molar refractivity (Wildman–Crippen MR) is 81.0 cm³/mol. The van der Waals surface area contributed by atoms with Crippen LogP contribution in [0.2, 0.25) is 0 Å². The van der Waals surface area contributed by atoms with Crippen LogP contribution in [0.25, 0.3) is 0 Å². The van der Waals surface area contributed by atoms with Gasteiger partial charge < -0.3 is 15.7 Å². The van der Waals surface area contributed by atoms with Gasteiger partial charge in [-0.25, -0.2) is 22.7 Å². The third-order valence-electron chi connectivity index (χ3n) is 2.43. The number of nitrogens with one attached hydrogen (secondary N) is 3. The number of halogens is 1. The molecule has 0 heterocycles. The first-order chi connectivity index (χ1) is 9.75. The maximum absolute atomic E-state index is 11.6. The van der Waals surface area contributed by atoms with Gasteiger partial charge in [0.1, 0.15) is 0 Å². The maximum Gasteiger partial charge on any atom is 0.337 e. The molecule has 2 amide bonds. The van der Waals surface area contributed by atoms with Gasteiger partial charge in [0.2, 0.25) is 10.0 Å². The lowest BCUT2D eigenvalue weighted by molar-refractivity contribution is 0.0698. The minimum Gasteiger partial charge on any atom is -0.478 e. The van der Waals surface area contributed by atoms with Crippen molar-refractivity contribution in [1.82, 2.24) is 10.0 Å². The van der Waals surface area contributed by atoms with Gasteiger partial charge in [-0.3, -0.25) is 0 Å². The van der Waals surface area contributed by atoms with E-state index in [0.717, 1.165) is 0 Å². The van der Waals surface area contributed by atoms with Crippen molar-refractivity contribution in [3.63, 3.8) is 0 Å². The minimum absolute atomic E-state index is 0.0811. The topological polar surface area (TPSA) is 125 Å². The van der Waals surface area contributed by atoms with Crippen molar-refractivity contribution < 1.29 is 23.1 Å². The maximum atomic E-state index is 11.6. The molecule has 1 aromatic carbocycles. The number of carboxylic acids is 1. The monoisotopic (exact) mass is 379 g/mol. The molecule has 21 heavy (non-hydrogen) atoms. The fourth-order valence-corrected chi connectivity index (χ4v) is 2.31. The second kappa shape index (κ2) is 7.38. The molecule has 0 aromatic heterocycles. The standard InChI is InChI=1S/C11H14BrN3O5S/c1-13-21(19,20)5-4-14-11(18)15-9-3-2-7(12)6-8(9)10(16)17/h2-3,6,13H,4-5H2,1H3,(H,16,17)(H2,14,15,18). The zero-order chi connectivity index (χ0) is 16.0. The van der Waals surface area contributed by atoms with Crippen LogP contribution >= 0.6 is 15.9 Å². The Morgan fingerprint density at radius 1 is 1.33 bits per heavy atom. The van der Waals surface area contributed by atoms with Gasteiger partial charge in [-0.15, -0.1) is 0 Å². The fraction of sp³-hybridized carbons (Fsp3) is 0.273. The summed E-state index contributed by atoms with van der Waals surface area (Å²) in [6, 6.07) is 3.67. The van der Waals surface area contributed by atoms with E-state index in [4.69, 9.17) is 5.11 Å². The van der Waals surface area contributed by atoms with Gasteiger partial charge in [0.15, 0.2) is 0 Å². The van der Waals surface area contributed by atoms with E-state index in [1.165, 1.54) is 19.2 Å². The van der Waals surface area contributed by atoms with Crippen LogP contribution in [-0.4, -0.2) is 44.9 Å². The average Bonchev–Trinajstić information content (AvgIpc) is 2.40. The van der Waals surface area contributed by atoms with E-state index in [1.807, 2.05) is 0 Å². The molecule has 0 aliphatic carbocycles. The van der Waals surface area contributed by atoms with Gasteiger partial charge in [0, 0.05) is 11.0 Å². The van der Waals surface area contributed by atoms with Crippen LogP contribution in [-0.2, 0) is 10.0 Å². The Morgan fingerprint density at radius 2 is 2.00 bits per heavy atom. The number of carbonyl (C=O) groups excluding carboxylic acids is 1. The lowest BCUT2D eigenvalue weighted by Gasteiger charge is -2.10. The summed E-state index contributed by atoms with van der Waals surface area (Å²) in [5.74, 6) is -1.47. The zero-order valence-electron chi connectivity index (χ0n) is 11.0. The summed E-state index contributed by atoms with van der Waals surface area (Å²) in [5, 5.41) is 13.7. The number of hydrogen-bond acceptors (Lipinski definition) is 4. The molecule has 10 heteroatoms. The Kier molecular flexibility index (Phi) is 6.12. The molecule has 1 rings (SSSR count). The quantitative estimate of drug-likeness (QED) is 0.582. The average molecular weight is 380 g/mol. The van der Waals surface area contributed by atoms with Crippen LogP contribution in [0.4, 0.5) is 10.5 Å². The first-order valence-corrected chi connectivity index (χ1v) is 8.18. The molecule has 0 aliphatic heterocycles. The van der Waals surface area contributed by atoms with Crippen LogP contribution in [0.15, 0.2) is 22.7 Å². The fourth-order valence-electron chi connectivity index (χ4n) is 1.37. The summed E-state index contributed by atoms with van der Waals surface area (Å²) in [7, 11) is -2.13. The van der Waals surface area contributed by atoms with Crippen molar-refractivity contribution in [3.05, 3.63) is 28.2 Å². The number of sulfonamides is 1. The summed E-state index contributed by atoms with van der Waals surface area (Å²) in [4.78, 5) is 22.7. The minimum atomic E-state index is -3.41. The summed E-state index contributed by atoms with van der Waals surface area (Å²) in [6.07, 6.45) is 0. The molecule has 4 N–H and O–H groups in total. The van der Waals surface area contributed by atoms with Crippen molar-refractivity contribution in [2.45, 2.75) is 0 Å². The lowest BCUT2D eigenvalue weighted by Crippen LogP contribution is -2.35. The van der Waals surface area contributed by atoms with Crippen molar-refractivity contribution in [1.29, 1.82) is 0 Å². The molecule has 0 saturated heterocycles. The number of rotatable bonds is 6. The van der Waals surface area contributed by atoms with E-state index < -0.39 is 22.0 Å². The number of anilines is 1. The summed E-state index contributed by atoms with van der Waals surface area (Å²) >= 11 is 3.14. The van der Waals surface area contributed by atoms with Crippen molar-refractivity contribution >= 4 is 43.6 Å². The number of carbonyl (C=O) groups is 2. The Balaban J connectivity index is 2.66. The van der Waals surface area contributed by atoms with Crippen LogP contribution in [0.3, 0.4) is 0 Å². The third kappa shape index (κ3) is 5.69. The predicted octanol–water partition coefficient (Wildman–Crippen LogP) is 0.818. The molecule has 0 saturated carbocycles. The largest absolute Gasteiger partial charge is 0.478 e. The Hall–Kier alpha value is -1.65. The van der Waals surface area contributed by atoms with Gasteiger partial charge in [0.25, 0.3) is 0 Å². The van der Waals surface area contributed by atoms with Gasteiger partial charge in [0.05, 0.1) is 17.0 Å². The summed E-state index contributed by atoms with van der Waals surface area (Å²) in [6.45, 7) is -0.103. The highest BCUT2D eigenvalue weighted by Crippen LogP contribution is 2.21. The zero-order valence-corrected chi connectivity index (χ0v) is 13.4. The van der Waals surface area contributed by atoms with Gasteiger partial charge in [-0.1, -0.05) is 15.9 Å². The van der Waals surface area contributed by atoms with E-state index >= 15 is 0 Å². The molecule has 0 spiro atoms. The highest BCUT2D eigenvalue weighted by atomic mass is 79.9. The van der Waals surface area contributed by atoms with E-state index in [2.05, 4.69) is 31.3 Å². The molecule has 116 valence electrons. The lowest BCUT2D eigenvalue weighted by atomic mass is 10.2. The first-order valence-electron chi connectivity index (χ1n) is 5.74. The molecule has 0 aliphatic rings. The van der Waals surface area contributed by atoms with E-state index in [9.17, 15) is 18.0 Å². The molecular formula is C11H14BrN3O5S. The number of urea groups is 1. The van der Waals surface area contributed by atoms with Gasteiger partial charge in [-0.2, -0.15) is 0 Å². The molecule has 0 fully saturated rings. The Labute approximate surface area is 130 Å². The smallest absolute Gasteiger partial charge is 0.337 e. The number of benzene rings is 1. The highest BCUT2D eigenvalue weighted by molar-refractivity contribution is 9.10. The van der Waals surface area contributed by atoms with Crippen molar-refractivity contribution in [3.8, 4) is 0 Å². The van der Waals surface area contributed by atoms with E-state index in [1.54, 1.807) is 6.07 Å². The third-order valence-corrected chi connectivity index (χ3v) is 4.28. The number of aromatic carboxylic acids is 1. The summed E-state index contributed by atoms with van der Waals surface area (Å²) in [5.41, 5.74) is 0.0297. The number of hydrogen-bond donors (Lipinski definition) is 4. The number of amides is 2. The highest BCUT2D eigenvalue weighted by Gasteiger charge is 2.13. The normalized spacial score (nSPS) is 11.0. The van der Waals surface area contributed by atoms with Crippen LogP contribution < -0.4 is 15.4 Å². The first kappa shape index (κ1) is 17.4. The Morgan fingerprint density at radius 3 is 2.57 bits per heavy atom. The molecule has 0 atom stereocenters. The van der Waals surface area contributed by atoms with E-state index in [-0.39, 0.29) is 23.5 Å². The SMILES string of the molecule is CNS(=O)(=O)CCNC(=O)Nc1ccc(Br)cc1C(=O)O.